The lowest BCUT2D eigenvalue weighted by Crippen LogP contribution is -2.27. The minimum absolute atomic E-state index is 0.307. The van der Waals surface area contributed by atoms with E-state index in [1.165, 1.54) is 11.3 Å². The van der Waals surface area contributed by atoms with E-state index in [1.807, 2.05) is 108 Å². The third-order valence-electron chi connectivity index (χ3n) is 5.46. The van der Waals surface area contributed by atoms with Gasteiger partial charge in [0.15, 0.2) is 12.2 Å². The van der Waals surface area contributed by atoms with Crippen molar-refractivity contribution in [2.45, 2.75) is 53.8 Å². The molecule has 0 aliphatic carbocycles. The molecule has 0 fully saturated rings. The molecule has 0 amide bonds. The zero-order chi connectivity index (χ0) is 25.8. The lowest BCUT2D eigenvalue weighted by atomic mass is 9.91. The number of esters is 2. The molecule has 2 aromatic carbocycles. The van der Waals surface area contributed by atoms with Crippen molar-refractivity contribution in [2.24, 2.45) is 10.8 Å². The second-order valence-electron chi connectivity index (χ2n) is 10.5. The third-order valence-corrected chi connectivity index (χ3v) is 6.37. The zero-order valence-electron chi connectivity index (χ0n) is 21.5. The van der Waals surface area contributed by atoms with Gasteiger partial charge in [-0.3, -0.25) is 9.59 Å². The minimum Gasteiger partial charge on any atom is -0.497 e. The van der Waals surface area contributed by atoms with Crippen molar-refractivity contribution in [2.75, 3.05) is 7.11 Å². The first kappa shape index (κ1) is 26.5. The molecule has 0 aliphatic heterocycles. The van der Waals surface area contributed by atoms with Gasteiger partial charge >= 0.3 is 11.9 Å². The Hall–Kier alpha value is -3.12. The molecule has 0 bridgehead atoms. The summed E-state index contributed by atoms with van der Waals surface area (Å²) in [7, 11) is 1.61. The van der Waals surface area contributed by atoms with Crippen molar-refractivity contribution in [3.05, 3.63) is 87.6 Å². The lowest BCUT2D eigenvalue weighted by Gasteiger charge is -2.29. The number of benzene rings is 2. The first-order valence-electron chi connectivity index (χ1n) is 11.6. The van der Waals surface area contributed by atoms with Crippen molar-refractivity contribution < 1.29 is 23.8 Å². The van der Waals surface area contributed by atoms with Crippen LogP contribution in [0.25, 0.3) is 0 Å². The summed E-state index contributed by atoms with van der Waals surface area (Å²) in [6, 6.07) is 19.0. The third kappa shape index (κ3) is 6.51. The van der Waals surface area contributed by atoms with Gasteiger partial charge in [-0.25, -0.2) is 0 Å². The molecule has 35 heavy (non-hydrogen) atoms. The molecule has 1 aromatic heterocycles. The zero-order valence-corrected chi connectivity index (χ0v) is 22.3. The molecule has 3 aromatic rings. The summed E-state index contributed by atoms with van der Waals surface area (Å²) >= 11 is 1.52. The molecule has 1 heterocycles. The summed E-state index contributed by atoms with van der Waals surface area (Å²) in [6.45, 7) is 11.0. The smallest absolute Gasteiger partial charge is 0.312 e. The van der Waals surface area contributed by atoms with Crippen LogP contribution in [0.15, 0.2) is 66.0 Å². The highest BCUT2D eigenvalue weighted by molar-refractivity contribution is 7.10. The quantitative estimate of drug-likeness (QED) is 0.327. The van der Waals surface area contributed by atoms with Crippen molar-refractivity contribution in [1.82, 2.24) is 0 Å². The molecular formula is C29H34O5S. The summed E-state index contributed by atoms with van der Waals surface area (Å²) in [5.41, 5.74) is 0.970. The summed E-state index contributed by atoms with van der Waals surface area (Å²) < 4.78 is 17.5. The topological polar surface area (TPSA) is 61.8 Å². The van der Waals surface area contributed by atoms with E-state index in [0.717, 1.165) is 21.6 Å². The maximum Gasteiger partial charge on any atom is 0.312 e. The summed E-state index contributed by atoms with van der Waals surface area (Å²) in [5, 5.41) is 1.95. The molecule has 186 valence electrons. The van der Waals surface area contributed by atoms with Gasteiger partial charge in [0.25, 0.3) is 0 Å². The molecule has 0 spiro atoms. The normalized spacial score (nSPS) is 13.6. The molecule has 6 heteroatoms. The number of hydrogen-bond donors (Lipinski definition) is 0. The summed E-state index contributed by atoms with van der Waals surface area (Å²) in [4.78, 5) is 26.9. The molecule has 0 saturated heterocycles. The number of ether oxygens (including phenoxy) is 3. The van der Waals surface area contributed by atoms with Gasteiger partial charge in [-0.1, -0.05) is 42.5 Å². The molecule has 0 radical (unpaired) electrons. The highest BCUT2D eigenvalue weighted by Gasteiger charge is 2.33. The van der Waals surface area contributed by atoms with E-state index in [0.29, 0.717) is 5.75 Å². The number of methoxy groups -OCH3 is 1. The molecule has 2 unspecified atom stereocenters. The molecule has 0 saturated carbocycles. The van der Waals surface area contributed by atoms with Gasteiger partial charge in [-0.15, -0.1) is 11.3 Å². The van der Waals surface area contributed by atoms with E-state index in [1.54, 1.807) is 7.11 Å². The Balaban J connectivity index is 2.15. The fourth-order valence-electron chi connectivity index (χ4n) is 3.36. The molecule has 5 nitrogen and oxygen atoms in total. The van der Waals surface area contributed by atoms with Crippen LogP contribution in [0.5, 0.6) is 5.75 Å². The Labute approximate surface area is 212 Å². The van der Waals surface area contributed by atoms with E-state index in [4.69, 9.17) is 14.2 Å². The molecule has 2 atom stereocenters. The maximum atomic E-state index is 13.0. The van der Waals surface area contributed by atoms with Gasteiger partial charge in [0.2, 0.25) is 0 Å². The molecule has 3 rings (SSSR count). The van der Waals surface area contributed by atoms with Crippen LogP contribution in [0.4, 0.5) is 0 Å². The van der Waals surface area contributed by atoms with E-state index >= 15 is 0 Å². The van der Waals surface area contributed by atoms with Crippen LogP contribution in [0.3, 0.4) is 0 Å². The van der Waals surface area contributed by atoms with Crippen LogP contribution in [-0.2, 0) is 19.1 Å². The summed E-state index contributed by atoms with van der Waals surface area (Å²) in [6.07, 6.45) is -1.33. The minimum atomic E-state index is -0.695. The van der Waals surface area contributed by atoms with Crippen molar-refractivity contribution in [3.8, 4) is 5.75 Å². The number of thiophene rings is 1. The van der Waals surface area contributed by atoms with Crippen LogP contribution in [-0.4, -0.2) is 19.0 Å². The predicted octanol–water partition coefficient (Wildman–Crippen LogP) is 7.11. The van der Waals surface area contributed by atoms with Gasteiger partial charge in [-0.2, -0.15) is 0 Å². The van der Waals surface area contributed by atoms with Crippen LogP contribution in [0.2, 0.25) is 0 Å². The Morgan fingerprint density at radius 3 is 1.69 bits per heavy atom. The molecule has 0 aliphatic rings. The van der Waals surface area contributed by atoms with Gasteiger partial charge in [0, 0.05) is 16.0 Å². The van der Waals surface area contributed by atoms with E-state index in [-0.39, 0.29) is 11.9 Å². The maximum absolute atomic E-state index is 13.0. The number of rotatable bonds is 7. The SMILES string of the molecule is COc1ccc(C(OC(=O)C(C)(C)C)c2ccccc2C(OC(=O)C(C)(C)C)c2cccs2)cc1. The van der Waals surface area contributed by atoms with Crippen LogP contribution >= 0.6 is 11.3 Å². The second-order valence-corrected chi connectivity index (χ2v) is 11.5. The highest BCUT2D eigenvalue weighted by atomic mass is 32.1. The fourth-order valence-corrected chi connectivity index (χ4v) is 4.13. The molecule has 0 N–H and O–H groups in total. The van der Waals surface area contributed by atoms with Gasteiger partial charge < -0.3 is 14.2 Å². The van der Waals surface area contributed by atoms with E-state index in [9.17, 15) is 9.59 Å². The Morgan fingerprint density at radius 2 is 1.23 bits per heavy atom. The van der Waals surface area contributed by atoms with E-state index in [2.05, 4.69) is 0 Å². The number of carbonyl (C=O) groups is 2. The first-order chi connectivity index (χ1) is 16.4. The Kier molecular flexibility index (Phi) is 8.06. The van der Waals surface area contributed by atoms with Gasteiger partial charge in [0.05, 0.1) is 17.9 Å². The average molecular weight is 495 g/mol. The number of carbonyl (C=O) groups excluding carboxylic acids is 2. The lowest BCUT2D eigenvalue weighted by molar-refractivity contribution is -0.158. The highest BCUT2D eigenvalue weighted by Crippen LogP contribution is 2.39. The van der Waals surface area contributed by atoms with Crippen molar-refractivity contribution in [1.29, 1.82) is 0 Å². The van der Waals surface area contributed by atoms with Crippen LogP contribution < -0.4 is 4.74 Å². The standard InChI is InChI=1S/C29H34O5S/c1-28(2,3)26(30)33-24(19-14-16-20(32-7)17-15-19)21-11-8-9-12-22(21)25(23-13-10-18-35-23)34-27(31)29(4,5)6/h8-18,24-25H,1-7H3. The van der Waals surface area contributed by atoms with Gasteiger partial charge in [0.1, 0.15) is 5.75 Å². The summed E-state index contributed by atoms with van der Waals surface area (Å²) in [5.74, 6) is 0.0735. The largest absolute Gasteiger partial charge is 0.497 e. The van der Waals surface area contributed by atoms with Crippen molar-refractivity contribution >= 4 is 23.3 Å². The fraction of sp³-hybridized carbons (Fsp3) is 0.379. The van der Waals surface area contributed by atoms with Crippen molar-refractivity contribution in [3.63, 3.8) is 0 Å². The molecular weight excluding hydrogens is 460 g/mol. The first-order valence-corrected chi connectivity index (χ1v) is 12.5. The number of hydrogen-bond acceptors (Lipinski definition) is 6. The van der Waals surface area contributed by atoms with Crippen LogP contribution in [0.1, 0.15) is 75.3 Å². The Morgan fingerprint density at radius 1 is 0.714 bits per heavy atom. The monoisotopic (exact) mass is 494 g/mol. The van der Waals surface area contributed by atoms with Crippen LogP contribution in [0, 0.1) is 10.8 Å². The van der Waals surface area contributed by atoms with Gasteiger partial charge in [-0.05, 0) is 70.7 Å². The Bertz CT molecular complexity index is 1140. The van der Waals surface area contributed by atoms with E-state index < -0.39 is 23.0 Å². The predicted molar refractivity (Wildman–Crippen MR) is 139 cm³/mol. The second kappa shape index (κ2) is 10.6. The average Bonchev–Trinajstić information content (AvgIpc) is 3.34.